The minimum atomic E-state index is -0.0719. The summed E-state index contributed by atoms with van der Waals surface area (Å²) >= 11 is 5.98. The molecule has 0 spiro atoms. The third-order valence-corrected chi connectivity index (χ3v) is 2.95. The molecule has 0 amide bonds. The number of hydrogen-bond acceptors (Lipinski definition) is 2. The molecule has 0 bridgehead atoms. The Morgan fingerprint density at radius 2 is 1.89 bits per heavy atom. The van der Waals surface area contributed by atoms with Crippen LogP contribution in [-0.4, -0.2) is 30.7 Å². The lowest BCUT2D eigenvalue weighted by Crippen LogP contribution is -2.36. The quantitative estimate of drug-likeness (QED) is 0.606. The summed E-state index contributed by atoms with van der Waals surface area (Å²) in [5, 5.41) is 3.43. The van der Waals surface area contributed by atoms with Gasteiger partial charge in [-0.25, -0.2) is 0 Å². The van der Waals surface area contributed by atoms with E-state index in [1.807, 2.05) is 6.07 Å². The van der Waals surface area contributed by atoms with Crippen LogP contribution in [0.15, 0.2) is 30.3 Å². The predicted octanol–water partition coefficient (Wildman–Crippen LogP) is 3.24. The van der Waals surface area contributed by atoms with Crippen molar-refractivity contribution < 1.29 is 4.74 Å². The Morgan fingerprint density at radius 1 is 1.22 bits per heavy atom. The maximum Gasteiger partial charge on any atom is 0.0599 e. The molecule has 102 valence electrons. The lowest BCUT2D eigenvalue weighted by molar-refractivity contribution is -0.00144. The van der Waals surface area contributed by atoms with E-state index in [0.29, 0.717) is 18.5 Å². The number of hydrogen-bond donors (Lipinski definition) is 1. The van der Waals surface area contributed by atoms with Crippen molar-refractivity contribution in [3.8, 4) is 0 Å². The zero-order valence-corrected chi connectivity index (χ0v) is 12.3. The Morgan fingerprint density at radius 3 is 2.44 bits per heavy atom. The zero-order valence-electron chi connectivity index (χ0n) is 11.6. The first-order valence-corrected chi connectivity index (χ1v) is 7.02. The molecule has 1 aromatic rings. The van der Waals surface area contributed by atoms with Crippen molar-refractivity contribution in [1.82, 2.24) is 5.32 Å². The molecule has 3 heteroatoms. The van der Waals surface area contributed by atoms with Crippen molar-refractivity contribution >= 4 is 11.6 Å². The van der Waals surface area contributed by atoms with Gasteiger partial charge in [0.05, 0.1) is 12.2 Å². The van der Waals surface area contributed by atoms with Gasteiger partial charge in [-0.05, 0) is 32.8 Å². The van der Waals surface area contributed by atoms with E-state index in [1.54, 1.807) is 0 Å². The Hall–Kier alpha value is -0.570. The van der Waals surface area contributed by atoms with Gasteiger partial charge < -0.3 is 10.1 Å². The third kappa shape index (κ3) is 7.00. The van der Waals surface area contributed by atoms with E-state index in [-0.39, 0.29) is 5.60 Å². The summed E-state index contributed by atoms with van der Waals surface area (Å²) in [4.78, 5) is 0. The molecule has 1 unspecified atom stereocenters. The predicted molar refractivity (Wildman–Crippen MR) is 78.4 cm³/mol. The lowest BCUT2D eigenvalue weighted by Gasteiger charge is -2.21. The van der Waals surface area contributed by atoms with Crippen LogP contribution >= 0.6 is 11.6 Å². The molecular weight excluding hydrogens is 246 g/mol. The van der Waals surface area contributed by atoms with Crippen LogP contribution in [0.1, 0.15) is 26.3 Å². The van der Waals surface area contributed by atoms with Crippen LogP contribution in [0.3, 0.4) is 0 Å². The maximum atomic E-state index is 5.98. The highest BCUT2D eigenvalue weighted by Crippen LogP contribution is 2.06. The minimum absolute atomic E-state index is 0.0719. The molecule has 0 aliphatic rings. The monoisotopic (exact) mass is 269 g/mol. The lowest BCUT2D eigenvalue weighted by atomic mass is 10.1. The second kappa shape index (κ2) is 7.78. The van der Waals surface area contributed by atoms with Crippen LogP contribution in [0, 0.1) is 0 Å². The molecule has 1 N–H and O–H groups in total. The summed E-state index contributed by atoms with van der Waals surface area (Å²) in [5.41, 5.74) is 1.24. The van der Waals surface area contributed by atoms with Crippen molar-refractivity contribution in [3.05, 3.63) is 35.9 Å². The third-order valence-electron chi connectivity index (χ3n) is 2.58. The van der Waals surface area contributed by atoms with Gasteiger partial charge in [-0.1, -0.05) is 30.3 Å². The zero-order chi connectivity index (χ0) is 13.4. The molecule has 1 atom stereocenters. The van der Waals surface area contributed by atoms with Gasteiger partial charge >= 0.3 is 0 Å². The molecule has 0 saturated heterocycles. The number of nitrogens with one attached hydrogen (secondary N) is 1. The number of rotatable bonds is 7. The first kappa shape index (κ1) is 15.5. The summed E-state index contributed by atoms with van der Waals surface area (Å²) < 4.78 is 5.67. The Balaban J connectivity index is 2.26. The van der Waals surface area contributed by atoms with Crippen LogP contribution in [-0.2, 0) is 11.2 Å². The summed E-state index contributed by atoms with van der Waals surface area (Å²) in [6, 6.07) is 10.7. The molecule has 2 nitrogen and oxygen atoms in total. The van der Waals surface area contributed by atoms with Gasteiger partial charge in [0.2, 0.25) is 0 Å². The fourth-order valence-corrected chi connectivity index (χ4v) is 1.92. The molecule has 0 aliphatic carbocycles. The van der Waals surface area contributed by atoms with Crippen LogP contribution in [0.5, 0.6) is 0 Å². The summed E-state index contributed by atoms with van der Waals surface area (Å²) in [5.74, 6) is 0.615. The van der Waals surface area contributed by atoms with Gasteiger partial charge in [-0.2, -0.15) is 0 Å². The van der Waals surface area contributed by atoms with Crippen LogP contribution < -0.4 is 5.32 Å². The van der Waals surface area contributed by atoms with Gasteiger partial charge in [0.15, 0.2) is 0 Å². The standard InChI is InChI=1S/C15H24ClNO/c1-15(2,3)18-10-9-17-14(12-16)11-13-7-5-4-6-8-13/h4-8,14,17H,9-12H2,1-3H3. The normalized spacial score (nSPS) is 13.6. The molecule has 0 fully saturated rings. The van der Waals surface area contributed by atoms with Crippen molar-refractivity contribution in [1.29, 1.82) is 0 Å². The molecule has 0 heterocycles. The van der Waals surface area contributed by atoms with E-state index in [1.165, 1.54) is 5.56 Å². The fraction of sp³-hybridized carbons (Fsp3) is 0.600. The highest BCUT2D eigenvalue weighted by atomic mass is 35.5. The molecule has 0 radical (unpaired) electrons. The first-order chi connectivity index (χ1) is 8.51. The van der Waals surface area contributed by atoms with Crippen molar-refractivity contribution in [3.63, 3.8) is 0 Å². The summed E-state index contributed by atoms with van der Waals surface area (Å²) in [6.07, 6.45) is 0.958. The second-order valence-corrected chi connectivity index (χ2v) is 5.76. The molecule has 18 heavy (non-hydrogen) atoms. The average Bonchev–Trinajstić information content (AvgIpc) is 2.33. The van der Waals surface area contributed by atoms with E-state index in [0.717, 1.165) is 13.0 Å². The number of benzene rings is 1. The highest BCUT2D eigenvalue weighted by molar-refractivity contribution is 6.18. The van der Waals surface area contributed by atoms with Gasteiger partial charge in [0.25, 0.3) is 0 Å². The number of alkyl halides is 1. The largest absolute Gasteiger partial charge is 0.375 e. The molecule has 1 rings (SSSR count). The van der Waals surface area contributed by atoms with Gasteiger partial charge in [-0.3, -0.25) is 0 Å². The average molecular weight is 270 g/mol. The van der Waals surface area contributed by atoms with Gasteiger partial charge in [-0.15, -0.1) is 11.6 Å². The maximum absolute atomic E-state index is 5.98. The van der Waals surface area contributed by atoms with Gasteiger partial charge in [0, 0.05) is 18.5 Å². The summed E-state index contributed by atoms with van der Waals surface area (Å²) in [6.45, 7) is 7.75. The highest BCUT2D eigenvalue weighted by Gasteiger charge is 2.11. The summed E-state index contributed by atoms with van der Waals surface area (Å²) in [7, 11) is 0. The van der Waals surface area contributed by atoms with E-state index < -0.39 is 0 Å². The first-order valence-electron chi connectivity index (χ1n) is 6.48. The molecule has 0 aliphatic heterocycles. The Bertz CT molecular complexity index is 321. The second-order valence-electron chi connectivity index (χ2n) is 5.46. The smallest absolute Gasteiger partial charge is 0.0599 e. The minimum Gasteiger partial charge on any atom is -0.375 e. The molecule has 0 saturated carbocycles. The van der Waals surface area contributed by atoms with E-state index in [2.05, 4.69) is 50.4 Å². The van der Waals surface area contributed by atoms with Crippen LogP contribution in [0.25, 0.3) is 0 Å². The van der Waals surface area contributed by atoms with E-state index in [9.17, 15) is 0 Å². The van der Waals surface area contributed by atoms with E-state index >= 15 is 0 Å². The van der Waals surface area contributed by atoms with Crippen molar-refractivity contribution in [2.24, 2.45) is 0 Å². The molecule has 1 aromatic carbocycles. The van der Waals surface area contributed by atoms with Gasteiger partial charge in [0.1, 0.15) is 0 Å². The van der Waals surface area contributed by atoms with E-state index in [4.69, 9.17) is 16.3 Å². The fourth-order valence-electron chi connectivity index (χ4n) is 1.70. The molecule has 0 aromatic heterocycles. The topological polar surface area (TPSA) is 21.3 Å². The van der Waals surface area contributed by atoms with Crippen molar-refractivity contribution in [2.75, 3.05) is 19.0 Å². The molecular formula is C15H24ClNO. The Kier molecular flexibility index (Phi) is 6.69. The van der Waals surface area contributed by atoms with Crippen LogP contribution in [0.4, 0.5) is 0 Å². The SMILES string of the molecule is CC(C)(C)OCCNC(CCl)Cc1ccccc1. The van der Waals surface area contributed by atoms with Crippen molar-refractivity contribution in [2.45, 2.75) is 38.8 Å². The van der Waals surface area contributed by atoms with Crippen LogP contribution in [0.2, 0.25) is 0 Å². The Labute approximate surface area is 116 Å². The number of ether oxygens (including phenoxy) is 1. The number of halogens is 1.